The van der Waals surface area contributed by atoms with Crippen molar-refractivity contribution in [3.8, 4) is 0 Å². The zero-order valence-corrected chi connectivity index (χ0v) is 16.7. The Balaban J connectivity index is 1.28. The van der Waals surface area contributed by atoms with Crippen LogP contribution < -0.4 is 5.32 Å². The Labute approximate surface area is 171 Å². The van der Waals surface area contributed by atoms with Crippen molar-refractivity contribution in [1.82, 2.24) is 25.2 Å². The molecule has 1 atom stereocenters. The predicted octanol–water partition coefficient (Wildman–Crippen LogP) is 3.28. The maximum atomic E-state index is 12.6. The molecule has 1 amide bonds. The third-order valence-corrected chi connectivity index (χ3v) is 5.65. The lowest BCUT2D eigenvalue weighted by Crippen LogP contribution is -2.45. The van der Waals surface area contributed by atoms with E-state index in [1.54, 1.807) is 10.9 Å². The van der Waals surface area contributed by atoms with E-state index in [4.69, 9.17) is 0 Å². The number of likely N-dealkylation sites (tertiary alicyclic amines) is 1. The van der Waals surface area contributed by atoms with Gasteiger partial charge in [-0.3, -0.25) is 9.69 Å². The quantitative estimate of drug-likeness (QED) is 0.703. The summed E-state index contributed by atoms with van der Waals surface area (Å²) in [5.74, 6) is -0.140. The van der Waals surface area contributed by atoms with E-state index in [2.05, 4.69) is 51.7 Å². The average Bonchev–Trinajstić information content (AvgIpc) is 3.24. The fourth-order valence-electron chi connectivity index (χ4n) is 3.88. The first-order valence-corrected chi connectivity index (χ1v) is 10.2. The fraction of sp³-hybridized carbons (Fsp3) is 0.348. The Morgan fingerprint density at radius 3 is 2.41 bits per heavy atom. The zero-order chi connectivity index (χ0) is 20.1. The van der Waals surface area contributed by atoms with E-state index in [0.29, 0.717) is 18.3 Å². The first-order valence-electron chi connectivity index (χ1n) is 10.2. The van der Waals surface area contributed by atoms with Crippen LogP contribution in [-0.2, 0) is 6.54 Å². The van der Waals surface area contributed by atoms with Gasteiger partial charge in [-0.2, -0.15) is 0 Å². The van der Waals surface area contributed by atoms with E-state index < -0.39 is 0 Å². The second-order valence-corrected chi connectivity index (χ2v) is 7.66. The molecule has 6 heteroatoms. The van der Waals surface area contributed by atoms with E-state index in [0.717, 1.165) is 31.5 Å². The second-order valence-electron chi connectivity index (χ2n) is 7.66. The van der Waals surface area contributed by atoms with Crippen molar-refractivity contribution >= 4 is 5.91 Å². The first-order chi connectivity index (χ1) is 14.2. The van der Waals surface area contributed by atoms with Gasteiger partial charge in [0.1, 0.15) is 0 Å². The minimum absolute atomic E-state index is 0.140. The smallest absolute Gasteiger partial charge is 0.273 e. The van der Waals surface area contributed by atoms with Gasteiger partial charge in [-0.05, 0) is 30.9 Å². The van der Waals surface area contributed by atoms with Crippen LogP contribution >= 0.6 is 0 Å². The standard InChI is InChI=1S/C23H27N5O/c1-18(20-10-6-3-7-11-20)27-14-12-21(13-15-27)24-23(29)22-17-28(26-25-22)16-19-8-4-2-5-9-19/h2-11,17-18,21H,12-16H2,1H3,(H,24,29). The number of rotatable bonds is 6. The maximum Gasteiger partial charge on any atom is 0.273 e. The molecule has 1 N–H and O–H groups in total. The Morgan fingerprint density at radius 1 is 1.07 bits per heavy atom. The number of hydrogen-bond acceptors (Lipinski definition) is 4. The molecule has 1 aromatic heterocycles. The van der Waals surface area contributed by atoms with Crippen LogP contribution in [0.1, 0.15) is 47.4 Å². The van der Waals surface area contributed by atoms with Crippen molar-refractivity contribution in [3.05, 3.63) is 83.7 Å². The topological polar surface area (TPSA) is 63.1 Å². The zero-order valence-electron chi connectivity index (χ0n) is 16.7. The highest BCUT2D eigenvalue weighted by atomic mass is 16.2. The SMILES string of the molecule is CC(c1ccccc1)N1CCC(NC(=O)c2cn(Cc3ccccc3)nn2)CC1. The van der Waals surface area contributed by atoms with Crippen molar-refractivity contribution in [2.45, 2.75) is 38.4 Å². The molecular formula is C23H27N5O. The van der Waals surface area contributed by atoms with Gasteiger partial charge in [-0.1, -0.05) is 65.9 Å². The minimum atomic E-state index is -0.140. The second kappa shape index (κ2) is 9.01. The van der Waals surface area contributed by atoms with Gasteiger partial charge in [-0.15, -0.1) is 5.10 Å². The van der Waals surface area contributed by atoms with Crippen LogP contribution in [0.5, 0.6) is 0 Å². The highest BCUT2D eigenvalue weighted by Crippen LogP contribution is 2.24. The van der Waals surface area contributed by atoms with Gasteiger partial charge in [0.05, 0.1) is 12.7 Å². The molecule has 150 valence electrons. The molecule has 1 fully saturated rings. The van der Waals surface area contributed by atoms with E-state index in [9.17, 15) is 4.79 Å². The Bertz CT molecular complexity index is 917. The number of piperidine rings is 1. The van der Waals surface area contributed by atoms with Crippen molar-refractivity contribution in [2.24, 2.45) is 0 Å². The molecule has 2 aromatic carbocycles. The van der Waals surface area contributed by atoms with Crippen LogP contribution in [0.15, 0.2) is 66.9 Å². The fourth-order valence-corrected chi connectivity index (χ4v) is 3.88. The van der Waals surface area contributed by atoms with Crippen LogP contribution in [0.3, 0.4) is 0 Å². The molecule has 0 spiro atoms. The lowest BCUT2D eigenvalue weighted by Gasteiger charge is -2.36. The van der Waals surface area contributed by atoms with Gasteiger partial charge in [0.25, 0.3) is 5.91 Å². The average molecular weight is 390 g/mol. The largest absolute Gasteiger partial charge is 0.348 e. The van der Waals surface area contributed by atoms with E-state index >= 15 is 0 Å². The van der Waals surface area contributed by atoms with Gasteiger partial charge in [0.15, 0.2) is 5.69 Å². The molecule has 1 unspecified atom stereocenters. The van der Waals surface area contributed by atoms with E-state index in [1.165, 1.54) is 5.56 Å². The van der Waals surface area contributed by atoms with E-state index in [-0.39, 0.29) is 11.9 Å². The maximum absolute atomic E-state index is 12.6. The van der Waals surface area contributed by atoms with Crippen LogP contribution in [0.4, 0.5) is 0 Å². The summed E-state index contributed by atoms with van der Waals surface area (Å²) in [6.45, 7) is 4.81. The summed E-state index contributed by atoms with van der Waals surface area (Å²) in [5.41, 5.74) is 2.84. The molecule has 1 aliphatic rings. The van der Waals surface area contributed by atoms with Gasteiger partial charge in [0, 0.05) is 25.2 Å². The third-order valence-electron chi connectivity index (χ3n) is 5.65. The number of carbonyl (C=O) groups excluding carboxylic acids is 1. The number of carbonyl (C=O) groups is 1. The Hall–Kier alpha value is -2.99. The molecule has 3 aromatic rings. The number of aromatic nitrogens is 3. The van der Waals surface area contributed by atoms with Crippen molar-refractivity contribution < 1.29 is 4.79 Å². The number of benzene rings is 2. The number of nitrogens with zero attached hydrogens (tertiary/aromatic N) is 4. The van der Waals surface area contributed by atoms with Crippen LogP contribution in [-0.4, -0.2) is 44.9 Å². The molecule has 2 heterocycles. The van der Waals surface area contributed by atoms with Crippen LogP contribution in [0.2, 0.25) is 0 Å². The van der Waals surface area contributed by atoms with Crippen molar-refractivity contribution in [3.63, 3.8) is 0 Å². The summed E-state index contributed by atoms with van der Waals surface area (Å²) in [6, 6.07) is 21.2. The highest BCUT2D eigenvalue weighted by molar-refractivity contribution is 5.92. The molecule has 6 nitrogen and oxygen atoms in total. The molecule has 0 aliphatic carbocycles. The monoisotopic (exact) mass is 389 g/mol. The Morgan fingerprint density at radius 2 is 1.72 bits per heavy atom. The minimum Gasteiger partial charge on any atom is -0.348 e. The number of nitrogens with one attached hydrogen (secondary N) is 1. The van der Waals surface area contributed by atoms with Gasteiger partial charge in [-0.25, -0.2) is 4.68 Å². The molecule has 4 rings (SSSR count). The summed E-state index contributed by atoms with van der Waals surface area (Å²) < 4.78 is 1.70. The lowest BCUT2D eigenvalue weighted by atomic mass is 10.00. The van der Waals surface area contributed by atoms with E-state index in [1.807, 2.05) is 36.4 Å². The summed E-state index contributed by atoms with van der Waals surface area (Å²) in [4.78, 5) is 15.1. The van der Waals surface area contributed by atoms with Gasteiger partial charge >= 0.3 is 0 Å². The van der Waals surface area contributed by atoms with Crippen LogP contribution in [0, 0.1) is 0 Å². The van der Waals surface area contributed by atoms with Crippen molar-refractivity contribution in [1.29, 1.82) is 0 Å². The molecule has 29 heavy (non-hydrogen) atoms. The molecule has 0 bridgehead atoms. The van der Waals surface area contributed by atoms with Gasteiger partial charge < -0.3 is 5.32 Å². The molecule has 0 saturated carbocycles. The lowest BCUT2D eigenvalue weighted by molar-refractivity contribution is 0.0891. The molecular weight excluding hydrogens is 362 g/mol. The molecule has 1 aliphatic heterocycles. The summed E-state index contributed by atoms with van der Waals surface area (Å²) in [7, 11) is 0. The predicted molar refractivity (Wildman–Crippen MR) is 112 cm³/mol. The highest BCUT2D eigenvalue weighted by Gasteiger charge is 2.25. The summed E-state index contributed by atoms with van der Waals surface area (Å²) >= 11 is 0. The third kappa shape index (κ3) is 4.90. The normalized spacial score (nSPS) is 16.4. The Kier molecular flexibility index (Phi) is 6.00. The molecule has 1 saturated heterocycles. The summed E-state index contributed by atoms with van der Waals surface area (Å²) in [6.07, 6.45) is 3.61. The van der Waals surface area contributed by atoms with Crippen LogP contribution in [0.25, 0.3) is 0 Å². The van der Waals surface area contributed by atoms with Gasteiger partial charge in [0.2, 0.25) is 0 Å². The van der Waals surface area contributed by atoms with Crippen molar-refractivity contribution in [2.75, 3.05) is 13.1 Å². The summed E-state index contributed by atoms with van der Waals surface area (Å²) in [5, 5.41) is 11.3. The first kappa shape index (κ1) is 19.3. The number of amides is 1. The number of hydrogen-bond donors (Lipinski definition) is 1. The molecule has 0 radical (unpaired) electrons.